The third-order valence-corrected chi connectivity index (χ3v) is 4.38. The van der Waals surface area contributed by atoms with Crippen LogP contribution in [0.5, 0.6) is 0 Å². The Morgan fingerprint density at radius 2 is 0.773 bits per heavy atom. The van der Waals surface area contributed by atoms with Crippen LogP contribution in [0.3, 0.4) is 0 Å². The van der Waals surface area contributed by atoms with Crippen LogP contribution in [0.4, 0.5) is 9.59 Å². The molecule has 3 fully saturated rings. The summed E-state index contributed by atoms with van der Waals surface area (Å²) in [5.41, 5.74) is 0. The van der Waals surface area contributed by atoms with Gasteiger partial charge < -0.3 is 29.1 Å². The van der Waals surface area contributed by atoms with Crippen LogP contribution < -0.4 is 0 Å². The number of carbonyl (C=O) groups is 2. The van der Waals surface area contributed by atoms with Gasteiger partial charge in [0.15, 0.2) is 0 Å². The second-order valence-corrected chi connectivity index (χ2v) is 5.74. The molecule has 4 amide bonds. The molecule has 0 aromatic carbocycles. The van der Waals surface area contributed by atoms with Crippen LogP contribution in [0, 0.1) is 0 Å². The molecule has 0 spiro atoms. The molecule has 8 nitrogen and oxygen atoms in total. The zero-order valence-electron chi connectivity index (χ0n) is 12.9. The van der Waals surface area contributed by atoms with Gasteiger partial charge in [-0.15, -0.1) is 0 Å². The fourth-order valence-electron chi connectivity index (χ4n) is 3.00. The first-order valence-electron chi connectivity index (χ1n) is 7.99. The topological polar surface area (TPSA) is 65.6 Å². The Morgan fingerprint density at radius 3 is 1.09 bits per heavy atom. The summed E-state index contributed by atoms with van der Waals surface area (Å²) in [6, 6.07) is 0.142. The number of amides is 4. The minimum Gasteiger partial charge on any atom is -0.378 e. The second-order valence-electron chi connectivity index (χ2n) is 5.74. The summed E-state index contributed by atoms with van der Waals surface area (Å²) in [7, 11) is 0. The molecule has 3 rings (SSSR count). The molecule has 0 unspecified atom stereocenters. The van der Waals surface area contributed by atoms with Crippen molar-refractivity contribution in [2.75, 3.05) is 78.8 Å². The van der Waals surface area contributed by atoms with Crippen molar-refractivity contribution in [2.45, 2.75) is 0 Å². The van der Waals surface area contributed by atoms with Gasteiger partial charge in [0, 0.05) is 52.4 Å². The number of urea groups is 2. The minimum atomic E-state index is 0.0711. The first kappa shape index (κ1) is 15.4. The van der Waals surface area contributed by atoms with Gasteiger partial charge in [-0.1, -0.05) is 0 Å². The number of nitrogens with zero attached hydrogens (tertiary/aromatic N) is 4. The van der Waals surface area contributed by atoms with E-state index in [1.807, 2.05) is 19.6 Å². The number of piperazine rings is 1. The van der Waals surface area contributed by atoms with E-state index in [1.165, 1.54) is 0 Å². The van der Waals surface area contributed by atoms with E-state index in [0.29, 0.717) is 78.8 Å². The molecule has 3 heterocycles. The maximum Gasteiger partial charge on any atom is 0.320 e. The molecule has 22 heavy (non-hydrogen) atoms. The van der Waals surface area contributed by atoms with Crippen molar-refractivity contribution in [1.82, 2.24) is 19.6 Å². The normalized spacial score (nSPS) is 23.6. The van der Waals surface area contributed by atoms with Gasteiger partial charge in [0.1, 0.15) is 0 Å². The standard InChI is InChI=1S/C14H24N4O4/c19-13(17-5-9-21-10-6-17)15-1-2-16(4-3-15)14(20)18-7-11-22-12-8-18/h1-12H2. The van der Waals surface area contributed by atoms with Crippen molar-refractivity contribution in [3.63, 3.8) is 0 Å². The van der Waals surface area contributed by atoms with E-state index in [9.17, 15) is 9.59 Å². The molecule has 3 saturated heterocycles. The van der Waals surface area contributed by atoms with Crippen LogP contribution >= 0.6 is 0 Å². The highest BCUT2D eigenvalue weighted by atomic mass is 16.5. The fourth-order valence-corrected chi connectivity index (χ4v) is 3.00. The van der Waals surface area contributed by atoms with Gasteiger partial charge >= 0.3 is 12.1 Å². The quantitative estimate of drug-likeness (QED) is 0.605. The number of hydrogen-bond donors (Lipinski definition) is 0. The molecule has 0 saturated carbocycles. The molecular formula is C14H24N4O4. The van der Waals surface area contributed by atoms with E-state index in [2.05, 4.69) is 0 Å². The molecular weight excluding hydrogens is 288 g/mol. The van der Waals surface area contributed by atoms with Gasteiger partial charge in [-0.25, -0.2) is 9.59 Å². The molecule has 3 aliphatic heterocycles. The average molecular weight is 312 g/mol. The summed E-state index contributed by atoms with van der Waals surface area (Å²) < 4.78 is 10.5. The lowest BCUT2D eigenvalue weighted by Crippen LogP contribution is -2.58. The zero-order chi connectivity index (χ0) is 15.4. The van der Waals surface area contributed by atoms with Gasteiger partial charge in [0.05, 0.1) is 26.4 Å². The van der Waals surface area contributed by atoms with Gasteiger partial charge in [-0.3, -0.25) is 0 Å². The highest BCUT2D eigenvalue weighted by molar-refractivity contribution is 5.77. The summed E-state index contributed by atoms with van der Waals surface area (Å²) in [4.78, 5) is 32.2. The van der Waals surface area contributed by atoms with Gasteiger partial charge in [-0.05, 0) is 0 Å². The lowest BCUT2D eigenvalue weighted by molar-refractivity contribution is 0.0306. The molecule has 0 bridgehead atoms. The molecule has 0 radical (unpaired) electrons. The van der Waals surface area contributed by atoms with Crippen molar-refractivity contribution in [3.8, 4) is 0 Å². The Kier molecular flexibility index (Phi) is 4.99. The van der Waals surface area contributed by atoms with Crippen LogP contribution in [-0.2, 0) is 9.47 Å². The minimum absolute atomic E-state index is 0.0711. The highest BCUT2D eigenvalue weighted by Gasteiger charge is 2.30. The Bertz CT molecular complexity index is 362. The Labute approximate surface area is 130 Å². The fraction of sp³-hybridized carbons (Fsp3) is 0.857. The van der Waals surface area contributed by atoms with Crippen molar-refractivity contribution in [1.29, 1.82) is 0 Å². The van der Waals surface area contributed by atoms with Gasteiger partial charge in [0.25, 0.3) is 0 Å². The lowest BCUT2D eigenvalue weighted by atomic mass is 10.3. The Morgan fingerprint density at radius 1 is 0.500 bits per heavy atom. The van der Waals surface area contributed by atoms with E-state index in [1.54, 1.807) is 0 Å². The second kappa shape index (κ2) is 7.15. The van der Waals surface area contributed by atoms with Gasteiger partial charge in [-0.2, -0.15) is 0 Å². The molecule has 0 N–H and O–H groups in total. The largest absolute Gasteiger partial charge is 0.378 e. The van der Waals surface area contributed by atoms with Crippen molar-refractivity contribution in [2.24, 2.45) is 0 Å². The SMILES string of the molecule is O=C(N1CCOCC1)N1CCN(C(=O)N2CCOCC2)CC1. The van der Waals surface area contributed by atoms with E-state index in [-0.39, 0.29) is 12.1 Å². The molecule has 3 aliphatic rings. The highest BCUT2D eigenvalue weighted by Crippen LogP contribution is 2.10. The Balaban J connectivity index is 1.47. The van der Waals surface area contributed by atoms with E-state index in [4.69, 9.17) is 9.47 Å². The third kappa shape index (κ3) is 3.44. The molecule has 0 aromatic rings. The Hall–Kier alpha value is -1.54. The van der Waals surface area contributed by atoms with Crippen molar-refractivity contribution < 1.29 is 19.1 Å². The van der Waals surface area contributed by atoms with Crippen molar-refractivity contribution >= 4 is 12.1 Å². The monoisotopic (exact) mass is 312 g/mol. The van der Waals surface area contributed by atoms with Crippen LogP contribution in [0.1, 0.15) is 0 Å². The summed E-state index contributed by atoms with van der Waals surface area (Å²) in [6.45, 7) is 7.50. The predicted octanol–water partition coefficient (Wildman–Crippen LogP) is -0.492. The first-order chi connectivity index (χ1) is 10.8. The average Bonchev–Trinajstić information content (AvgIpc) is 2.62. The van der Waals surface area contributed by atoms with Crippen LogP contribution in [0.15, 0.2) is 0 Å². The van der Waals surface area contributed by atoms with E-state index >= 15 is 0 Å². The van der Waals surface area contributed by atoms with E-state index in [0.717, 1.165) is 0 Å². The third-order valence-electron chi connectivity index (χ3n) is 4.38. The number of ether oxygens (including phenoxy) is 2. The van der Waals surface area contributed by atoms with Gasteiger partial charge in [0.2, 0.25) is 0 Å². The number of hydrogen-bond acceptors (Lipinski definition) is 4. The molecule has 124 valence electrons. The molecule has 0 aromatic heterocycles. The molecule has 0 atom stereocenters. The van der Waals surface area contributed by atoms with E-state index < -0.39 is 0 Å². The molecule has 0 aliphatic carbocycles. The predicted molar refractivity (Wildman–Crippen MR) is 78.7 cm³/mol. The van der Waals surface area contributed by atoms with Crippen molar-refractivity contribution in [3.05, 3.63) is 0 Å². The number of morpholine rings is 2. The summed E-state index contributed by atoms with van der Waals surface area (Å²) >= 11 is 0. The summed E-state index contributed by atoms with van der Waals surface area (Å²) in [5, 5.41) is 0. The van der Waals surface area contributed by atoms with Crippen LogP contribution in [-0.4, -0.2) is 110 Å². The van der Waals surface area contributed by atoms with Crippen LogP contribution in [0.25, 0.3) is 0 Å². The maximum atomic E-state index is 12.4. The first-order valence-corrected chi connectivity index (χ1v) is 7.99. The number of rotatable bonds is 0. The zero-order valence-corrected chi connectivity index (χ0v) is 12.9. The lowest BCUT2D eigenvalue weighted by Gasteiger charge is -2.40. The molecule has 8 heteroatoms. The summed E-state index contributed by atoms with van der Waals surface area (Å²) in [5.74, 6) is 0. The smallest absolute Gasteiger partial charge is 0.320 e. The maximum absolute atomic E-state index is 12.4. The summed E-state index contributed by atoms with van der Waals surface area (Å²) in [6.07, 6.45) is 0. The number of carbonyl (C=O) groups excluding carboxylic acids is 2. The van der Waals surface area contributed by atoms with Crippen LogP contribution in [0.2, 0.25) is 0 Å².